The number of fused-ring (bicyclic) bond motifs is 1. The van der Waals surface area contributed by atoms with Gasteiger partial charge in [-0.3, -0.25) is 0 Å². The molecule has 0 N–H and O–H groups in total. The summed E-state index contributed by atoms with van der Waals surface area (Å²) in [5, 5.41) is 5.03. The van der Waals surface area contributed by atoms with Crippen LogP contribution in [0.2, 0.25) is 19.8 Å². The molecule has 0 bridgehead atoms. The van der Waals surface area contributed by atoms with Crippen LogP contribution in [-0.2, 0) is 0 Å². The van der Waals surface area contributed by atoms with Crippen LogP contribution in [0.4, 0.5) is 0 Å². The molecule has 0 radical (unpaired) electrons. The van der Waals surface area contributed by atoms with Gasteiger partial charge in [0.25, 0.3) is 0 Å². The Balaban J connectivity index is 2.06. The number of pyridine rings is 1. The Morgan fingerprint density at radius 1 is 1.05 bits per heavy atom. The fourth-order valence-corrected chi connectivity index (χ4v) is 8.19. The van der Waals surface area contributed by atoms with Crippen molar-refractivity contribution in [3.05, 3.63) is 40.7 Å². The topological polar surface area (TPSA) is 25.8 Å². The number of benzene rings is 1. The summed E-state index contributed by atoms with van der Waals surface area (Å²) in [7, 11) is 0. The van der Waals surface area contributed by atoms with Gasteiger partial charge in [0.1, 0.15) is 0 Å². The summed E-state index contributed by atoms with van der Waals surface area (Å²) in [5.41, 5.74) is 1.91. The molecular weight excluding hydrogens is 394 g/mol. The standard InChI is InChI=1S/C12H6ClN2S.3CH3.Sn/c13-9-2-4-10-8(7-9)1-3-11(15-10)12-14-5-6-16-12;;;;/h1-4,6-7H;3*1H3;. The molecule has 0 aliphatic heterocycles. The van der Waals surface area contributed by atoms with Gasteiger partial charge in [-0.25, -0.2) is 0 Å². The van der Waals surface area contributed by atoms with Gasteiger partial charge in [-0.05, 0) is 0 Å². The van der Waals surface area contributed by atoms with Gasteiger partial charge < -0.3 is 0 Å². The van der Waals surface area contributed by atoms with Crippen molar-refractivity contribution in [2.24, 2.45) is 0 Å². The first-order valence-corrected chi connectivity index (χ1v) is 17.7. The van der Waals surface area contributed by atoms with E-state index in [4.69, 9.17) is 21.6 Å². The van der Waals surface area contributed by atoms with E-state index in [1.54, 1.807) is 11.3 Å². The van der Waals surface area contributed by atoms with Crippen molar-refractivity contribution in [1.82, 2.24) is 9.97 Å². The van der Waals surface area contributed by atoms with Gasteiger partial charge in [-0.1, -0.05) is 0 Å². The van der Waals surface area contributed by atoms with Crippen LogP contribution in [0.15, 0.2) is 35.7 Å². The number of halogens is 1. The van der Waals surface area contributed by atoms with Gasteiger partial charge in [0.2, 0.25) is 0 Å². The van der Waals surface area contributed by atoms with Gasteiger partial charge in [0.05, 0.1) is 0 Å². The molecule has 0 fully saturated rings. The summed E-state index contributed by atoms with van der Waals surface area (Å²) in [6, 6.07) is 9.86. The third-order valence-corrected chi connectivity index (χ3v) is 9.96. The monoisotopic (exact) mass is 410 g/mol. The van der Waals surface area contributed by atoms with Crippen LogP contribution in [0, 0.1) is 0 Å². The molecule has 5 heteroatoms. The van der Waals surface area contributed by atoms with E-state index in [-0.39, 0.29) is 0 Å². The van der Waals surface area contributed by atoms with Crippen LogP contribution in [0.25, 0.3) is 21.6 Å². The van der Waals surface area contributed by atoms with Gasteiger partial charge >= 0.3 is 132 Å². The second-order valence-corrected chi connectivity index (χ2v) is 21.4. The average molecular weight is 410 g/mol. The zero-order valence-corrected chi connectivity index (χ0v) is 16.1. The summed E-state index contributed by atoms with van der Waals surface area (Å²) in [5.74, 6) is 0. The molecule has 3 aromatic rings. The second-order valence-electron chi connectivity index (χ2n) is 5.82. The third-order valence-electron chi connectivity index (χ3n) is 3.14. The molecule has 2 aromatic heterocycles. The molecule has 2 nitrogen and oxygen atoms in total. The van der Waals surface area contributed by atoms with Crippen LogP contribution in [-0.4, -0.2) is 28.3 Å². The van der Waals surface area contributed by atoms with E-state index in [0.29, 0.717) is 0 Å². The molecular formula is C15H15ClN2SSn. The molecule has 0 saturated carbocycles. The first-order chi connectivity index (χ1) is 9.43. The quantitative estimate of drug-likeness (QED) is 0.580. The maximum atomic E-state index is 6.00. The maximum absolute atomic E-state index is 6.00. The molecule has 20 heavy (non-hydrogen) atoms. The summed E-state index contributed by atoms with van der Waals surface area (Å²) in [4.78, 5) is 16.6. The van der Waals surface area contributed by atoms with Crippen LogP contribution in [0.5, 0.6) is 0 Å². The third kappa shape index (κ3) is 2.85. The minimum absolute atomic E-state index is 0.741. The Bertz CT molecular complexity index is 777. The van der Waals surface area contributed by atoms with Crippen molar-refractivity contribution >= 4 is 55.9 Å². The Morgan fingerprint density at radius 3 is 2.55 bits per heavy atom. The van der Waals surface area contributed by atoms with Crippen molar-refractivity contribution in [3.8, 4) is 10.7 Å². The first kappa shape index (κ1) is 14.3. The predicted octanol–water partition coefficient (Wildman–Crippen LogP) is 4.56. The molecule has 0 saturated heterocycles. The van der Waals surface area contributed by atoms with Crippen LogP contribution in [0.1, 0.15) is 0 Å². The molecule has 0 aliphatic rings. The SMILES string of the molecule is [CH3][Sn]([CH3])([CH3])[c]1csc(-c2ccc3cc(Cl)ccc3n2)n1. The zero-order chi connectivity index (χ0) is 14.3. The van der Waals surface area contributed by atoms with E-state index >= 15 is 0 Å². The average Bonchev–Trinajstić information content (AvgIpc) is 2.87. The first-order valence-electron chi connectivity index (χ1n) is 6.46. The summed E-state index contributed by atoms with van der Waals surface area (Å²) in [6.07, 6.45) is 0. The molecule has 0 unspecified atom stereocenters. The number of thiazole rings is 1. The number of rotatable bonds is 2. The Kier molecular flexibility index (Phi) is 3.77. The molecule has 0 spiro atoms. The fourth-order valence-electron chi connectivity index (χ4n) is 1.95. The Hall–Kier alpha value is -0.651. The second kappa shape index (κ2) is 5.28. The molecule has 1 aromatic carbocycles. The van der Waals surface area contributed by atoms with Gasteiger partial charge in [-0.2, -0.15) is 0 Å². The van der Waals surface area contributed by atoms with Crippen molar-refractivity contribution in [2.45, 2.75) is 14.8 Å². The normalized spacial score (nSPS) is 12.0. The van der Waals surface area contributed by atoms with Gasteiger partial charge in [0, 0.05) is 0 Å². The van der Waals surface area contributed by atoms with E-state index < -0.39 is 18.4 Å². The van der Waals surface area contributed by atoms with E-state index in [1.807, 2.05) is 24.3 Å². The summed E-state index contributed by atoms with van der Waals surface area (Å²) in [6.45, 7) is 0. The number of aromatic nitrogens is 2. The zero-order valence-electron chi connectivity index (χ0n) is 11.6. The summed E-state index contributed by atoms with van der Waals surface area (Å²) < 4.78 is 1.32. The number of hydrogen-bond acceptors (Lipinski definition) is 3. The molecule has 3 rings (SSSR count). The summed E-state index contributed by atoms with van der Waals surface area (Å²) >= 11 is 5.61. The van der Waals surface area contributed by atoms with Crippen LogP contribution in [0.3, 0.4) is 0 Å². The minimum atomic E-state index is -2.08. The molecule has 0 aliphatic carbocycles. The van der Waals surface area contributed by atoms with Crippen molar-refractivity contribution < 1.29 is 0 Å². The Morgan fingerprint density at radius 2 is 1.85 bits per heavy atom. The van der Waals surface area contributed by atoms with Crippen LogP contribution < -0.4 is 3.71 Å². The van der Waals surface area contributed by atoms with Crippen molar-refractivity contribution in [2.75, 3.05) is 0 Å². The number of hydrogen-bond donors (Lipinski definition) is 0. The molecule has 2 heterocycles. The Labute approximate surface area is 131 Å². The van der Waals surface area contributed by atoms with Crippen molar-refractivity contribution in [3.63, 3.8) is 0 Å². The van der Waals surface area contributed by atoms with E-state index in [2.05, 4.69) is 26.3 Å². The number of nitrogens with zero attached hydrogens (tertiary/aromatic N) is 2. The fraction of sp³-hybridized carbons (Fsp3) is 0.200. The van der Waals surface area contributed by atoms with E-state index in [0.717, 1.165) is 26.6 Å². The van der Waals surface area contributed by atoms with Crippen molar-refractivity contribution in [1.29, 1.82) is 0 Å². The van der Waals surface area contributed by atoms with Gasteiger partial charge in [0.15, 0.2) is 0 Å². The van der Waals surface area contributed by atoms with E-state index in [1.165, 1.54) is 3.71 Å². The van der Waals surface area contributed by atoms with E-state index in [9.17, 15) is 0 Å². The predicted molar refractivity (Wildman–Crippen MR) is 90.8 cm³/mol. The van der Waals surface area contributed by atoms with Gasteiger partial charge in [-0.15, -0.1) is 0 Å². The molecule has 0 atom stereocenters. The molecule has 0 amide bonds. The molecule has 102 valence electrons. The van der Waals surface area contributed by atoms with Crippen LogP contribution >= 0.6 is 22.9 Å².